The number of alkyl carbamates (subject to hydrolysis) is 1. The number of ether oxygens (including phenoxy) is 1. The van der Waals surface area contributed by atoms with Crippen LogP contribution in [0.15, 0.2) is 30.3 Å². The van der Waals surface area contributed by atoms with Crippen LogP contribution in [0.5, 0.6) is 0 Å². The van der Waals surface area contributed by atoms with E-state index in [0.29, 0.717) is 0 Å². The van der Waals surface area contributed by atoms with Crippen LogP contribution >= 0.6 is 0 Å². The molecule has 1 rings (SSSR count). The Hall–Kier alpha value is -1.55. The molecule has 0 heterocycles. The smallest absolute Gasteiger partial charge is 0.407 e. The van der Waals surface area contributed by atoms with Crippen molar-refractivity contribution in [2.75, 3.05) is 6.61 Å². The average Bonchev–Trinajstić information content (AvgIpc) is 2.35. The third-order valence-electron chi connectivity index (χ3n) is 2.64. The van der Waals surface area contributed by atoms with Crippen LogP contribution in [0.1, 0.15) is 40.2 Å². The quantitative estimate of drug-likeness (QED) is 0.897. The van der Waals surface area contributed by atoms with E-state index in [2.05, 4.69) is 24.4 Å². The van der Waals surface area contributed by atoms with E-state index in [1.54, 1.807) is 20.8 Å². The second-order valence-corrected chi connectivity index (χ2v) is 6.33. The van der Waals surface area contributed by atoms with E-state index in [0.717, 1.165) is 0 Å². The lowest BCUT2D eigenvalue weighted by atomic mass is 10.1. The van der Waals surface area contributed by atoms with Gasteiger partial charge in [-0.1, -0.05) is 49.7 Å². The molecule has 1 aromatic rings. The van der Waals surface area contributed by atoms with Crippen molar-refractivity contribution in [1.29, 1.82) is 0 Å². The molecule has 0 saturated carbocycles. The first-order valence-electron chi connectivity index (χ1n) is 7.27. The molecule has 1 atom stereocenters. The molecule has 4 nitrogen and oxygen atoms in total. The lowest BCUT2D eigenvalue weighted by Gasteiger charge is -2.24. The van der Waals surface area contributed by atoms with E-state index in [9.17, 15) is 4.79 Å². The monoisotopic (exact) mass is 295 g/mol. The van der Waals surface area contributed by atoms with Gasteiger partial charge in [-0.15, -0.1) is 0 Å². The van der Waals surface area contributed by atoms with Crippen molar-refractivity contribution in [3.05, 3.63) is 35.9 Å². The minimum absolute atomic E-state index is 0.0725. The van der Waals surface area contributed by atoms with Gasteiger partial charge in [0.25, 0.3) is 0 Å². The third kappa shape index (κ3) is 10.9. The summed E-state index contributed by atoms with van der Waals surface area (Å²) in [5.41, 5.74) is 0.823. The van der Waals surface area contributed by atoms with Crippen molar-refractivity contribution in [2.24, 2.45) is 5.92 Å². The molecule has 1 aromatic carbocycles. The van der Waals surface area contributed by atoms with Crippen molar-refractivity contribution < 1.29 is 14.6 Å². The number of aliphatic hydroxyl groups is 1. The number of rotatable bonds is 3. The number of nitrogens with one attached hydrogen (secondary N) is 1. The largest absolute Gasteiger partial charge is 0.444 e. The minimum atomic E-state index is -0.499. The van der Waals surface area contributed by atoms with Gasteiger partial charge in [0.1, 0.15) is 5.60 Å². The number of carbonyl (C=O) groups excluding carboxylic acids is 1. The summed E-state index contributed by atoms with van der Waals surface area (Å²) < 4.78 is 5.06. The topological polar surface area (TPSA) is 58.6 Å². The highest BCUT2D eigenvalue weighted by Gasteiger charge is 2.20. The van der Waals surface area contributed by atoms with Crippen LogP contribution in [0.4, 0.5) is 4.79 Å². The summed E-state index contributed by atoms with van der Waals surface area (Å²) in [5.74, 6) is 0.188. The van der Waals surface area contributed by atoms with Crippen molar-refractivity contribution in [2.45, 2.75) is 53.2 Å². The molecule has 0 fully saturated rings. The molecule has 2 N–H and O–H groups in total. The number of benzene rings is 1. The molecule has 0 aromatic heterocycles. The molecular formula is C17H29NO3. The lowest BCUT2D eigenvalue weighted by molar-refractivity contribution is 0.0462. The number of amides is 1. The average molecular weight is 295 g/mol. The van der Waals surface area contributed by atoms with E-state index >= 15 is 0 Å². The predicted molar refractivity (Wildman–Crippen MR) is 86.3 cm³/mol. The SMILES string of the molecule is CC(C)C(CO)NC(=O)OC(C)(C)C.Cc1ccccc1. The van der Waals surface area contributed by atoms with Gasteiger partial charge in [0.15, 0.2) is 0 Å². The molecular weight excluding hydrogens is 266 g/mol. The molecule has 0 saturated heterocycles. The van der Waals surface area contributed by atoms with Crippen LogP contribution in [0, 0.1) is 12.8 Å². The summed E-state index contributed by atoms with van der Waals surface area (Å²) in [6, 6.07) is 10.0. The molecule has 4 heteroatoms. The molecule has 0 aliphatic carbocycles. The first kappa shape index (κ1) is 19.4. The Labute approximate surface area is 128 Å². The van der Waals surface area contributed by atoms with Gasteiger partial charge in [-0.2, -0.15) is 0 Å². The Morgan fingerprint density at radius 1 is 1.24 bits per heavy atom. The van der Waals surface area contributed by atoms with Crippen molar-refractivity contribution >= 4 is 6.09 Å². The number of hydrogen-bond donors (Lipinski definition) is 2. The molecule has 1 amide bonds. The maximum Gasteiger partial charge on any atom is 0.407 e. The molecule has 1 unspecified atom stereocenters. The maximum atomic E-state index is 11.3. The fourth-order valence-corrected chi connectivity index (χ4v) is 1.42. The minimum Gasteiger partial charge on any atom is -0.444 e. The summed E-state index contributed by atoms with van der Waals surface area (Å²) >= 11 is 0. The summed E-state index contributed by atoms with van der Waals surface area (Å²) in [5, 5.41) is 11.6. The summed E-state index contributed by atoms with van der Waals surface area (Å²) in [4.78, 5) is 11.3. The van der Waals surface area contributed by atoms with Gasteiger partial charge in [-0.05, 0) is 33.6 Å². The number of carbonyl (C=O) groups is 1. The first-order chi connectivity index (χ1) is 9.65. The van der Waals surface area contributed by atoms with E-state index < -0.39 is 11.7 Å². The summed E-state index contributed by atoms with van der Waals surface area (Å²) in [6.07, 6.45) is -0.481. The molecule has 0 radical (unpaired) electrons. The van der Waals surface area contributed by atoms with E-state index in [-0.39, 0.29) is 18.6 Å². The first-order valence-corrected chi connectivity index (χ1v) is 7.27. The fraction of sp³-hybridized carbons (Fsp3) is 0.588. The Balaban J connectivity index is 0.000000471. The fourth-order valence-electron chi connectivity index (χ4n) is 1.42. The lowest BCUT2D eigenvalue weighted by Crippen LogP contribution is -2.43. The van der Waals surface area contributed by atoms with Crippen molar-refractivity contribution in [3.8, 4) is 0 Å². The van der Waals surface area contributed by atoms with E-state index in [4.69, 9.17) is 9.84 Å². The Kier molecular flexibility index (Phi) is 8.70. The molecule has 0 aliphatic heterocycles. The van der Waals surface area contributed by atoms with Gasteiger partial charge in [0.05, 0.1) is 12.6 Å². The number of aryl methyl sites for hydroxylation is 1. The molecule has 21 heavy (non-hydrogen) atoms. The molecule has 0 spiro atoms. The zero-order valence-corrected chi connectivity index (χ0v) is 14.0. The van der Waals surface area contributed by atoms with Crippen LogP contribution in [0.3, 0.4) is 0 Å². The Morgan fingerprint density at radius 3 is 2.05 bits per heavy atom. The van der Waals surface area contributed by atoms with Crippen molar-refractivity contribution in [1.82, 2.24) is 5.32 Å². The second kappa shape index (κ2) is 9.40. The van der Waals surface area contributed by atoms with Gasteiger partial charge in [-0.3, -0.25) is 0 Å². The number of aliphatic hydroxyl groups excluding tert-OH is 1. The zero-order valence-electron chi connectivity index (χ0n) is 14.0. The highest BCUT2D eigenvalue weighted by Crippen LogP contribution is 2.08. The standard InChI is InChI=1S/C10H21NO3.C7H8/c1-7(2)8(6-12)11-9(13)14-10(3,4)5;1-7-5-3-2-4-6-7/h7-8,12H,6H2,1-5H3,(H,11,13);2-6H,1H3. The van der Waals surface area contributed by atoms with Crippen molar-refractivity contribution in [3.63, 3.8) is 0 Å². The molecule has 0 bridgehead atoms. The van der Waals surface area contributed by atoms with Gasteiger partial charge in [-0.25, -0.2) is 4.79 Å². The van der Waals surface area contributed by atoms with Gasteiger partial charge in [0.2, 0.25) is 0 Å². The normalized spacial score (nSPS) is 12.2. The van der Waals surface area contributed by atoms with Crippen LogP contribution in [-0.2, 0) is 4.74 Å². The van der Waals surface area contributed by atoms with Crippen LogP contribution < -0.4 is 5.32 Å². The van der Waals surface area contributed by atoms with Gasteiger partial charge in [0, 0.05) is 0 Å². The Bertz CT molecular complexity index is 396. The summed E-state index contributed by atoms with van der Waals surface area (Å²) in [6.45, 7) is 11.3. The van der Waals surface area contributed by atoms with Crippen LogP contribution in [0.2, 0.25) is 0 Å². The van der Waals surface area contributed by atoms with Gasteiger partial charge >= 0.3 is 6.09 Å². The molecule has 120 valence electrons. The van der Waals surface area contributed by atoms with Gasteiger partial charge < -0.3 is 15.2 Å². The highest BCUT2D eigenvalue weighted by atomic mass is 16.6. The van der Waals surface area contributed by atoms with E-state index in [1.807, 2.05) is 32.0 Å². The Morgan fingerprint density at radius 2 is 1.76 bits per heavy atom. The maximum absolute atomic E-state index is 11.3. The van der Waals surface area contributed by atoms with Crippen LogP contribution in [-0.4, -0.2) is 29.4 Å². The molecule has 0 aliphatic rings. The van der Waals surface area contributed by atoms with E-state index in [1.165, 1.54) is 5.56 Å². The summed E-state index contributed by atoms with van der Waals surface area (Å²) in [7, 11) is 0. The highest BCUT2D eigenvalue weighted by molar-refractivity contribution is 5.68. The second-order valence-electron chi connectivity index (χ2n) is 6.33. The predicted octanol–water partition coefficient (Wildman–Crippen LogP) is 3.52. The third-order valence-corrected chi connectivity index (χ3v) is 2.64. The number of hydrogen-bond acceptors (Lipinski definition) is 3. The van der Waals surface area contributed by atoms with Crippen LogP contribution in [0.25, 0.3) is 0 Å². The zero-order chi connectivity index (χ0) is 16.5.